The van der Waals surface area contributed by atoms with E-state index in [2.05, 4.69) is 13.8 Å². The standard InChI is InChI=1S/C13H24N2O3S/c1-3-5-7-14(8-6-4-2)13(18)15-10-19-9-11(15)12(16)17/h11H,3-10H2,1-2H3,(H,16,17)/t11-/m0/s1. The van der Waals surface area contributed by atoms with Crippen molar-refractivity contribution in [2.75, 3.05) is 24.7 Å². The van der Waals surface area contributed by atoms with Crippen LogP contribution in [0.5, 0.6) is 0 Å². The fourth-order valence-corrected chi connectivity index (χ4v) is 3.16. The molecule has 0 aromatic carbocycles. The Kier molecular flexibility index (Phi) is 7.05. The summed E-state index contributed by atoms with van der Waals surface area (Å²) < 4.78 is 0. The second-order valence-corrected chi connectivity index (χ2v) is 5.80. The number of carbonyl (C=O) groups is 2. The van der Waals surface area contributed by atoms with Crippen molar-refractivity contribution in [1.82, 2.24) is 9.80 Å². The van der Waals surface area contributed by atoms with Gasteiger partial charge in [0, 0.05) is 18.8 Å². The van der Waals surface area contributed by atoms with Gasteiger partial charge >= 0.3 is 12.0 Å². The summed E-state index contributed by atoms with van der Waals surface area (Å²) in [5.41, 5.74) is 0. The summed E-state index contributed by atoms with van der Waals surface area (Å²) in [6, 6.07) is -0.775. The maximum absolute atomic E-state index is 12.4. The number of carboxylic acid groups (broad SMARTS) is 1. The van der Waals surface area contributed by atoms with Gasteiger partial charge in [-0.3, -0.25) is 0 Å². The maximum atomic E-state index is 12.4. The molecule has 2 amide bonds. The SMILES string of the molecule is CCCCN(CCCC)C(=O)N1CSC[C@H]1C(=O)O. The van der Waals surface area contributed by atoms with E-state index in [-0.39, 0.29) is 6.03 Å². The van der Waals surface area contributed by atoms with Crippen LogP contribution in [0, 0.1) is 0 Å². The van der Waals surface area contributed by atoms with Crippen LogP contribution in [-0.4, -0.2) is 57.7 Å². The zero-order valence-corrected chi connectivity index (χ0v) is 12.6. The molecule has 1 aliphatic rings. The Labute approximate surface area is 119 Å². The zero-order valence-electron chi connectivity index (χ0n) is 11.8. The quantitative estimate of drug-likeness (QED) is 0.782. The third-order valence-corrected chi connectivity index (χ3v) is 4.26. The van der Waals surface area contributed by atoms with Crippen molar-refractivity contribution >= 4 is 23.8 Å². The lowest BCUT2D eigenvalue weighted by Crippen LogP contribution is -2.49. The Morgan fingerprint density at radius 1 is 1.26 bits per heavy atom. The van der Waals surface area contributed by atoms with Crippen LogP contribution in [0.15, 0.2) is 0 Å². The number of carboxylic acids is 1. The third-order valence-electron chi connectivity index (χ3n) is 3.25. The van der Waals surface area contributed by atoms with Crippen molar-refractivity contribution in [3.05, 3.63) is 0 Å². The molecule has 5 nitrogen and oxygen atoms in total. The summed E-state index contributed by atoms with van der Waals surface area (Å²) in [6.07, 6.45) is 4.00. The number of hydrogen-bond acceptors (Lipinski definition) is 3. The van der Waals surface area contributed by atoms with Gasteiger partial charge in [-0.1, -0.05) is 26.7 Å². The first-order valence-corrected chi connectivity index (χ1v) is 8.13. The average Bonchev–Trinajstić information content (AvgIpc) is 2.87. The molecule has 0 aromatic rings. The highest BCUT2D eigenvalue weighted by atomic mass is 32.2. The fourth-order valence-electron chi connectivity index (χ4n) is 2.02. The molecule has 0 aromatic heterocycles. The number of hydrogen-bond donors (Lipinski definition) is 1. The van der Waals surface area contributed by atoms with Crippen molar-refractivity contribution in [3.8, 4) is 0 Å². The second-order valence-electron chi connectivity index (χ2n) is 4.80. The third kappa shape index (κ3) is 4.60. The van der Waals surface area contributed by atoms with E-state index in [0.717, 1.165) is 38.8 Å². The van der Waals surface area contributed by atoms with Gasteiger partial charge in [0.2, 0.25) is 0 Å². The number of rotatable bonds is 7. The van der Waals surface area contributed by atoms with Gasteiger partial charge in [0.05, 0.1) is 5.88 Å². The molecular formula is C13H24N2O3S. The van der Waals surface area contributed by atoms with Crippen LogP contribution < -0.4 is 0 Å². The maximum Gasteiger partial charge on any atom is 0.327 e. The number of urea groups is 1. The molecule has 110 valence electrons. The van der Waals surface area contributed by atoms with Crippen LogP contribution in [0.4, 0.5) is 4.79 Å². The minimum atomic E-state index is -0.899. The topological polar surface area (TPSA) is 60.9 Å². The van der Waals surface area contributed by atoms with E-state index in [1.165, 1.54) is 16.7 Å². The number of unbranched alkanes of at least 4 members (excludes halogenated alkanes) is 2. The molecular weight excluding hydrogens is 264 g/mol. The van der Waals surface area contributed by atoms with Gasteiger partial charge in [-0.05, 0) is 12.8 Å². The van der Waals surface area contributed by atoms with E-state index in [9.17, 15) is 9.59 Å². The van der Waals surface area contributed by atoms with E-state index in [1.54, 1.807) is 0 Å². The average molecular weight is 288 g/mol. The van der Waals surface area contributed by atoms with Crippen molar-refractivity contribution < 1.29 is 14.7 Å². The van der Waals surface area contributed by atoms with E-state index >= 15 is 0 Å². The normalized spacial score (nSPS) is 18.6. The first-order valence-electron chi connectivity index (χ1n) is 6.97. The molecule has 0 spiro atoms. The van der Waals surface area contributed by atoms with Crippen molar-refractivity contribution in [1.29, 1.82) is 0 Å². The molecule has 19 heavy (non-hydrogen) atoms. The Morgan fingerprint density at radius 3 is 2.32 bits per heavy atom. The summed E-state index contributed by atoms with van der Waals surface area (Å²) in [6.45, 7) is 5.63. The molecule has 1 N–H and O–H groups in total. The highest BCUT2D eigenvalue weighted by Crippen LogP contribution is 2.22. The highest BCUT2D eigenvalue weighted by Gasteiger charge is 2.36. The number of carbonyl (C=O) groups excluding carboxylic acids is 1. The van der Waals surface area contributed by atoms with Crippen LogP contribution in [-0.2, 0) is 4.79 Å². The lowest BCUT2D eigenvalue weighted by molar-refractivity contribution is -0.140. The Bertz CT molecular complexity index is 304. The van der Waals surface area contributed by atoms with Crippen LogP contribution in [0.2, 0.25) is 0 Å². The Balaban J connectivity index is 2.65. The molecule has 1 heterocycles. The highest BCUT2D eigenvalue weighted by molar-refractivity contribution is 7.99. The van der Waals surface area contributed by atoms with Gasteiger partial charge in [-0.15, -0.1) is 11.8 Å². The molecule has 1 atom stereocenters. The summed E-state index contributed by atoms with van der Waals surface area (Å²) in [7, 11) is 0. The summed E-state index contributed by atoms with van der Waals surface area (Å²) >= 11 is 1.51. The largest absolute Gasteiger partial charge is 0.480 e. The van der Waals surface area contributed by atoms with Gasteiger partial charge in [-0.25, -0.2) is 9.59 Å². The van der Waals surface area contributed by atoms with Gasteiger partial charge in [0.1, 0.15) is 6.04 Å². The minimum absolute atomic E-state index is 0.112. The minimum Gasteiger partial charge on any atom is -0.480 e. The van der Waals surface area contributed by atoms with E-state index in [4.69, 9.17) is 5.11 Å². The number of amides is 2. The molecule has 0 radical (unpaired) electrons. The predicted octanol–water partition coefficient (Wildman–Crippen LogP) is 2.47. The predicted molar refractivity (Wildman–Crippen MR) is 77.4 cm³/mol. The van der Waals surface area contributed by atoms with Crippen LogP contribution in [0.1, 0.15) is 39.5 Å². The molecule has 6 heteroatoms. The molecule has 1 rings (SSSR count). The summed E-state index contributed by atoms with van der Waals surface area (Å²) in [5.74, 6) is 0.0883. The zero-order chi connectivity index (χ0) is 14.3. The Morgan fingerprint density at radius 2 is 1.84 bits per heavy atom. The van der Waals surface area contributed by atoms with E-state index < -0.39 is 12.0 Å². The lowest BCUT2D eigenvalue weighted by atomic mass is 10.2. The summed E-state index contributed by atoms with van der Waals surface area (Å²) in [4.78, 5) is 26.9. The van der Waals surface area contributed by atoms with Crippen LogP contribution >= 0.6 is 11.8 Å². The molecule has 1 aliphatic heterocycles. The van der Waals surface area contributed by atoms with Crippen molar-refractivity contribution in [3.63, 3.8) is 0 Å². The van der Waals surface area contributed by atoms with Gasteiger partial charge in [0.15, 0.2) is 0 Å². The van der Waals surface area contributed by atoms with Gasteiger partial charge in [0.25, 0.3) is 0 Å². The monoisotopic (exact) mass is 288 g/mol. The van der Waals surface area contributed by atoms with Gasteiger partial charge in [-0.2, -0.15) is 0 Å². The lowest BCUT2D eigenvalue weighted by Gasteiger charge is -2.29. The Hall–Kier alpha value is -0.910. The van der Waals surface area contributed by atoms with Crippen LogP contribution in [0.3, 0.4) is 0 Å². The first kappa shape index (κ1) is 16.1. The number of thioether (sulfide) groups is 1. The number of aliphatic carboxylic acids is 1. The second kappa shape index (κ2) is 8.30. The van der Waals surface area contributed by atoms with E-state index in [0.29, 0.717) is 11.6 Å². The van der Waals surface area contributed by atoms with Crippen LogP contribution in [0.25, 0.3) is 0 Å². The van der Waals surface area contributed by atoms with E-state index in [1.807, 2.05) is 4.90 Å². The summed E-state index contributed by atoms with van der Waals surface area (Å²) in [5, 5.41) is 9.14. The smallest absolute Gasteiger partial charge is 0.327 e. The molecule has 0 bridgehead atoms. The molecule has 1 fully saturated rings. The molecule has 0 aliphatic carbocycles. The number of nitrogens with zero attached hydrogens (tertiary/aromatic N) is 2. The van der Waals surface area contributed by atoms with Gasteiger partial charge < -0.3 is 14.9 Å². The molecule has 0 saturated carbocycles. The first-order chi connectivity index (χ1) is 9.11. The molecule has 1 saturated heterocycles. The van der Waals surface area contributed by atoms with Crippen molar-refractivity contribution in [2.45, 2.75) is 45.6 Å². The molecule has 0 unspecified atom stereocenters. The fraction of sp³-hybridized carbons (Fsp3) is 0.846. The van der Waals surface area contributed by atoms with Crippen molar-refractivity contribution in [2.24, 2.45) is 0 Å².